The van der Waals surface area contributed by atoms with Crippen LogP contribution in [0.2, 0.25) is 0 Å². The summed E-state index contributed by atoms with van der Waals surface area (Å²) in [5, 5.41) is 8.29. The number of H-pyrrole nitrogens is 1. The van der Waals surface area contributed by atoms with Crippen molar-refractivity contribution in [1.29, 1.82) is 0 Å². The number of anilines is 1. The van der Waals surface area contributed by atoms with Crippen molar-refractivity contribution in [3.8, 4) is 11.1 Å². The topological polar surface area (TPSA) is 65.1 Å². The maximum absolute atomic E-state index is 16.8. The van der Waals surface area contributed by atoms with Gasteiger partial charge >= 0.3 is 0 Å². The number of aryl methyl sites for hydroxylation is 1. The molecule has 0 radical (unpaired) electrons. The number of hydrogen-bond acceptors (Lipinski definition) is 4. The Morgan fingerprint density at radius 2 is 2.06 bits per heavy atom. The van der Waals surface area contributed by atoms with Crippen LogP contribution in [0.25, 0.3) is 22.0 Å². The third-order valence-electron chi connectivity index (χ3n) is 9.86. The number of rotatable bonds is 3. The van der Waals surface area contributed by atoms with Crippen LogP contribution in [0.3, 0.4) is 0 Å². The van der Waals surface area contributed by atoms with Crippen molar-refractivity contribution in [2.45, 2.75) is 46.0 Å². The molecule has 1 N–H and O–H groups in total. The number of carbonyl (C=O) groups is 1. The molecule has 2 saturated heterocycles. The molecule has 1 amide bonds. The lowest BCUT2D eigenvalue weighted by Gasteiger charge is -2.57. The summed E-state index contributed by atoms with van der Waals surface area (Å²) in [4.78, 5) is 21.1. The lowest BCUT2D eigenvalue weighted by molar-refractivity contribution is -0.136. The summed E-state index contributed by atoms with van der Waals surface area (Å²) in [6, 6.07) is 4.07. The number of aromatic amines is 1. The van der Waals surface area contributed by atoms with Gasteiger partial charge in [0.15, 0.2) is 11.6 Å². The number of hydrogen-bond donors (Lipinski definition) is 1. The molecule has 186 valence electrons. The van der Waals surface area contributed by atoms with Crippen LogP contribution in [0.1, 0.15) is 49.4 Å². The average molecular weight is 486 g/mol. The summed E-state index contributed by atoms with van der Waals surface area (Å²) < 4.78 is 16.8. The summed E-state index contributed by atoms with van der Waals surface area (Å²) in [7, 11) is 0. The second-order valence-corrected chi connectivity index (χ2v) is 12.2. The van der Waals surface area contributed by atoms with E-state index < -0.39 is 0 Å². The minimum atomic E-state index is -0.208. The fraction of sp³-hybridized carbons (Fsp3) is 0.483. The van der Waals surface area contributed by atoms with E-state index in [9.17, 15) is 4.79 Å². The van der Waals surface area contributed by atoms with Gasteiger partial charge in [-0.05, 0) is 66.4 Å². The Bertz CT molecular complexity index is 1450. The molecular weight excluding hydrogens is 453 g/mol. The van der Waals surface area contributed by atoms with Crippen molar-refractivity contribution in [3.63, 3.8) is 0 Å². The van der Waals surface area contributed by atoms with Gasteiger partial charge in [-0.15, -0.1) is 0 Å². The van der Waals surface area contributed by atoms with Gasteiger partial charge in [0, 0.05) is 48.5 Å². The molecule has 2 aliphatic heterocycles. The Labute approximate surface area is 210 Å². The highest BCUT2D eigenvalue weighted by molar-refractivity contribution is 5.98. The molecule has 3 aliphatic carbocycles. The first-order valence-electron chi connectivity index (χ1n) is 13.0. The second kappa shape index (κ2) is 7.17. The number of amides is 1. The van der Waals surface area contributed by atoms with E-state index in [0.29, 0.717) is 30.7 Å². The molecule has 2 aromatic heterocycles. The Morgan fingerprint density at radius 3 is 2.81 bits per heavy atom. The quantitative estimate of drug-likeness (QED) is 0.532. The highest BCUT2D eigenvalue weighted by Gasteiger charge is 2.55. The van der Waals surface area contributed by atoms with Gasteiger partial charge in [-0.1, -0.05) is 26.5 Å². The molecular formula is C29H32FN5O. The predicted molar refractivity (Wildman–Crippen MR) is 138 cm³/mol. The van der Waals surface area contributed by atoms with E-state index in [1.54, 1.807) is 0 Å². The van der Waals surface area contributed by atoms with Gasteiger partial charge in [-0.25, -0.2) is 9.37 Å². The number of aromatic nitrogens is 3. The van der Waals surface area contributed by atoms with Crippen molar-refractivity contribution in [2.24, 2.45) is 16.7 Å². The van der Waals surface area contributed by atoms with Crippen LogP contribution in [0.15, 0.2) is 31.0 Å². The first-order chi connectivity index (χ1) is 17.2. The van der Waals surface area contributed by atoms with E-state index in [0.717, 1.165) is 71.2 Å². The molecule has 1 spiro atoms. The normalized spacial score (nSPS) is 25.0. The van der Waals surface area contributed by atoms with E-state index in [1.165, 1.54) is 6.08 Å². The molecule has 1 saturated carbocycles. The van der Waals surface area contributed by atoms with Gasteiger partial charge in [0.25, 0.3) is 0 Å². The van der Waals surface area contributed by atoms with Crippen LogP contribution in [-0.2, 0) is 11.2 Å². The summed E-state index contributed by atoms with van der Waals surface area (Å²) in [6.07, 6.45) is 6.14. The molecule has 3 aromatic rings. The Hall–Kier alpha value is -3.22. The highest BCUT2D eigenvalue weighted by Crippen LogP contribution is 2.63. The van der Waals surface area contributed by atoms with Gasteiger partial charge in [-0.3, -0.25) is 9.89 Å². The third kappa shape index (κ3) is 2.80. The van der Waals surface area contributed by atoms with Crippen LogP contribution in [0.5, 0.6) is 0 Å². The molecule has 2 bridgehead atoms. The predicted octanol–water partition coefficient (Wildman–Crippen LogP) is 4.98. The Balaban J connectivity index is 1.37. The first-order valence-corrected chi connectivity index (χ1v) is 13.0. The van der Waals surface area contributed by atoms with E-state index in [-0.39, 0.29) is 22.6 Å². The zero-order valence-electron chi connectivity index (χ0n) is 21.2. The fourth-order valence-corrected chi connectivity index (χ4v) is 7.52. The zero-order chi connectivity index (χ0) is 25.0. The molecule has 2 unspecified atom stereocenters. The zero-order valence-corrected chi connectivity index (χ0v) is 21.2. The number of halogens is 1. The van der Waals surface area contributed by atoms with Crippen LogP contribution in [0, 0.1) is 29.5 Å². The summed E-state index contributed by atoms with van der Waals surface area (Å²) >= 11 is 0. The van der Waals surface area contributed by atoms with Crippen molar-refractivity contribution < 1.29 is 9.18 Å². The minimum absolute atomic E-state index is 0.0180. The smallest absolute Gasteiger partial charge is 0.245 e. The van der Waals surface area contributed by atoms with E-state index in [4.69, 9.17) is 4.98 Å². The van der Waals surface area contributed by atoms with Crippen molar-refractivity contribution in [2.75, 3.05) is 31.1 Å². The van der Waals surface area contributed by atoms with Crippen LogP contribution >= 0.6 is 0 Å². The standard InChI is InChI=1S/C29H32FN5O/c1-5-22(36)35-14-29(15-35)8-9-34(13-29)27-25(30)24(23-16(2)6-7-21-19(23)12-31-33-21)18-10-17-11-20(26(18)32-27)28(17,3)4/h5-7,12,17,20H,1,8-11,13-15H2,2-4H3,(H,31,33). The summed E-state index contributed by atoms with van der Waals surface area (Å²) in [5.74, 6) is 1.16. The molecule has 8 rings (SSSR count). The highest BCUT2D eigenvalue weighted by atomic mass is 19.1. The number of nitrogens with one attached hydrogen (secondary N) is 1. The fourth-order valence-electron chi connectivity index (χ4n) is 7.52. The van der Waals surface area contributed by atoms with Crippen molar-refractivity contribution in [3.05, 3.63) is 53.6 Å². The molecule has 36 heavy (non-hydrogen) atoms. The minimum Gasteiger partial charge on any atom is -0.353 e. The van der Waals surface area contributed by atoms with E-state index in [2.05, 4.69) is 48.5 Å². The van der Waals surface area contributed by atoms with Gasteiger partial charge < -0.3 is 9.80 Å². The third-order valence-corrected chi connectivity index (χ3v) is 9.86. The molecule has 2 atom stereocenters. The number of fused-ring (bicyclic) bond motifs is 1. The number of pyridine rings is 1. The van der Waals surface area contributed by atoms with Gasteiger partial charge in [0.1, 0.15) is 0 Å². The van der Waals surface area contributed by atoms with Crippen LogP contribution in [0.4, 0.5) is 10.2 Å². The SMILES string of the molecule is C=CC(=O)N1CC2(CCN(c3nc4c(c(-c5c(C)ccc6[nH]ncc56)c3F)CC3CC4C3(C)C)C2)C1. The van der Waals surface area contributed by atoms with Crippen LogP contribution < -0.4 is 4.90 Å². The molecule has 1 aromatic carbocycles. The van der Waals surface area contributed by atoms with Crippen molar-refractivity contribution in [1.82, 2.24) is 20.1 Å². The number of carbonyl (C=O) groups excluding carboxylic acids is 1. The molecule has 4 heterocycles. The molecule has 5 aliphatic rings. The molecule has 6 nitrogen and oxygen atoms in total. The largest absolute Gasteiger partial charge is 0.353 e. The van der Waals surface area contributed by atoms with Gasteiger partial charge in [0.2, 0.25) is 5.91 Å². The van der Waals surface area contributed by atoms with Crippen molar-refractivity contribution >= 4 is 22.6 Å². The summed E-state index contributed by atoms with van der Waals surface area (Å²) in [5.41, 5.74) is 6.03. The average Bonchev–Trinajstić information content (AvgIpc) is 3.50. The summed E-state index contributed by atoms with van der Waals surface area (Å²) in [6.45, 7) is 13.2. The maximum Gasteiger partial charge on any atom is 0.245 e. The lowest BCUT2D eigenvalue weighted by Crippen LogP contribution is -2.59. The maximum atomic E-state index is 16.8. The number of likely N-dealkylation sites (tertiary alicyclic amines) is 1. The monoisotopic (exact) mass is 485 g/mol. The second-order valence-electron chi connectivity index (χ2n) is 12.2. The van der Waals surface area contributed by atoms with Gasteiger partial charge in [0.05, 0.1) is 17.4 Å². The van der Waals surface area contributed by atoms with E-state index in [1.807, 2.05) is 17.2 Å². The Kier molecular flexibility index (Phi) is 4.39. The molecule has 3 fully saturated rings. The first kappa shape index (κ1) is 22.0. The van der Waals surface area contributed by atoms with Crippen LogP contribution in [-0.4, -0.2) is 52.2 Å². The lowest BCUT2D eigenvalue weighted by atomic mass is 9.48. The number of nitrogens with zero attached hydrogens (tertiary/aromatic N) is 4. The van der Waals surface area contributed by atoms with Gasteiger partial charge in [-0.2, -0.15) is 5.10 Å². The molecule has 7 heteroatoms. The Morgan fingerprint density at radius 1 is 1.25 bits per heavy atom. The number of benzene rings is 1. The van der Waals surface area contributed by atoms with E-state index >= 15 is 4.39 Å².